The Morgan fingerprint density at radius 3 is 2.89 bits per heavy atom. The lowest BCUT2D eigenvalue weighted by Gasteiger charge is -2.23. The molecule has 1 aliphatic rings. The lowest BCUT2D eigenvalue weighted by Crippen LogP contribution is -2.35. The van der Waals surface area contributed by atoms with Crippen molar-refractivity contribution in [2.45, 2.75) is 38.3 Å². The van der Waals surface area contributed by atoms with E-state index in [4.69, 9.17) is 14.6 Å². The van der Waals surface area contributed by atoms with Gasteiger partial charge < -0.3 is 19.9 Å². The normalized spacial score (nSPS) is 19.2. The fourth-order valence-electron chi connectivity index (χ4n) is 2.41. The van der Waals surface area contributed by atoms with Crippen LogP contribution in [0.5, 0.6) is 11.5 Å². The second kappa shape index (κ2) is 7.36. The van der Waals surface area contributed by atoms with Crippen molar-refractivity contribution in [3.8, 4) is 11.5 Å². The molecule has 19 heavy (non-hydrogen) atoms. The fourth-order valence-corrected chi connectivity index (χ4v) is 2.41. The predicted octanol–water partition coefficient (Wildman–Crippen LogP) is 2.10. The first-order chi connectivity index (χ1) is 9.33. The topological polar surface area (TPSA) is 50.7 Å². The molecule has 0 radical (unpaired) electrons. The summed E-state index contributed by atoms with van der Waals surface area (Å²) in [5, 5.41) is 12.6. The molecule has 0 bridgehead atoms. The number of aliphatic hydroxyl groups excluding tert-OH is 1. The summed E-state index contributed by atoms with van der Waals surface area (Å²) < 4.78 is 11.1. The molecule has 1 heterocycles. The van der Waals surface area contributed by atoms with Crippen LogP contribution in [-0.2, 0) is 6.61 Å². The summed E-state index contributed by atoms with van der Waals surface area (Å²) >= 11 is 0. The summed E-state index contributed by atoms with van der Waals surface area (Å²) in [5.74, 6) is 1.43. The Morgan fingerprint density at radius 1 is 1.32 bits per heavy atom. The van der Waals surface area contributed by atoms with Crippen molar-refractivity contribution in [3.05, 3.63) is 23.8 Å². The third-order valence-electron chi connectivity index (χ3n) is 3.55. The quantitative estimate of drug-likeness (QED) is 0.827. The maximum atomic E-state index is 9.09. The first kappa shape index (κ1) is 14.2. The standard InChI is InChI=1S/C15H23NO3/c1-18-15-10-12(11-17)5-6-14(15)19-9-7-13-4-2-3-8-16-13/h5-6,10,13,16-17H,2-4,7-9,11H2,1H3. The van der Waals surface area contributed by atoms with Gasteiger partial charge >= 0.3 is 0 Å². The van der Waals surface area contributed by atoms with Gasteiger partial charge in [-0.1, -0.05) is 12.5 Å². The summed E-state index contributed by atoms with van der Waals surface area (Å²) in [6.07, 6.45) is 4.86. The maximum Gasteiger partial charge on any atom is 0.161 e. The van der Waals surface area contributed by atoms with Crippen molar-refractivity contribution in [2.24, 2.45) is 0 Å². The third-order valence-corrected chi connectivity index (χ3v) is 3.55. The van der Waals surface area contributed by atoms with E-state index in [9.17, 15) is 0 Å². The van der Waals surface area contributed by atoms with Gasteiger partial charge in [-0.3, -0.25) is 0 Å². The fraction of sp³-hybridized carbons (Fsp3) is 0.600. The number of benzene rings is 1. The highest BCUT2D eigenvalue weighted by molar-refractivity contribution is 5.42. The lowest BCUT2D eigenvalue weighted by molar-refractivity contribution is 0.255. The molecule has 1 aliphatic heterocycles. The third kappa shape index (κ3) is 4.11. The minimum Gasteiger partial charge on any atom is -0.493 e. The highest BCUT2D eigenvalue weighted by atomic mass is 16.5. The molecule has 0 spiro atoms. The van der Waals surface area contributed by atoms with Crippen LogP contribution < -0.4 is 14.8 Å². The number of nitrogens with one attached hydrogen (secondary N) is 1. The molecule has 0 aliphatic carbocycles. The SMILES string of the molecule is COc1cc(CO)ccc1OCCC1CCCCN1. The number of rotatable bonds is 6. The molecule has 4 heteroatoms. The van der Waals surface area contributed by atoms with E-state index in [2.05, 4.69) is 5.32 Å². The van der Waals surface area contributed by atoms with E-state index < -0.39 is 0 Å². The van der Waals surface area contributed by atoms with E-state index in [0.29, 0.717) is 18.4 Å². The first-order valence-corrected chi connectivity index (χ1v) is 6.97. The Bertz CT molecular complexity index is 389. The maximum absolute atomic E-state index is 9.09. The molecular formula is C15H23NO3. The predicted molar refractivity (Wildman–Crippen MR) is 74.7 cm³/mol. The number of hydrogen-bond acceptors (Lipinski definition) is 4. The molecule has 1 fully saturated rings. The molecule has 1 saturated heterocycles. The minimum absolute atomic E-state index is 0.0165. The molecule has 2 rings (SSSR count). The van der Waals surface area contributed by atoms with Crippen molar-refractivity contribution in [1.82, 2.24) is 5.32 Å². The Kier molecular flexibility index (Phi) is 5.48. The van der Waals surface area contributed by atoms with Crippen molar-refractivity contribution in [3.63, 3.8) is 0 Å². The molecule has 0 saturated carbocycles. The van der Waals surface area contributed by atoms with Crippen LogP contribution in [-0.4, -0.2) is 31.4 Å². The molecule has 0 amide bonds. The first-order valence-electron chi connectivity index (χ1n) is 6.97. The van der Waals surface area contributed by atoms with Crippen LogP contribution in [0.2, 0.25) is 0 Å². The Morgan fingerprint density at radius 2 is 2.21 bits per heavy atom. The van der Waals surface area contributed by atoms with Crippen LogP contribution in [0.25, 0.3) is 0 Å². The summed E-state index contributed by atoms with van der Waals surface area (Å²) in [7, 11) is 1.62. The average molecular weight is 265 g/mol. The largest absolute Gasteiger partial charge is 0.493 e. The van der Waals surface area contributed by atoms with Crippen LogP contribution in [0.3, 0.4) is 0 Å². The summed E-state index contributed by atoms with van der Waals surface area (Å²) in [6.45, 7) is 1.83. The van der Waals surface area contributed by atoms with Crippen molar-refractivity contribution in [1.29, 1.82) is 0 Å². The van der Waals surface area contributed by atoms with Gasteiger partial charge in [0, 0.05) is 6.04 Å². The van der Waals surface area contributed by atoms with Gasteiger partial charge in [-0.25, -0.2) is 0 Å². The summed E-state index contributed by atoms with van der Waals surface area (Å²) in [4.78, 5) is 0. The van der Waals surface area contributed by atoms with E-state index in [1.54, 1.807) is 7.11 Å². The second-order valence-electron chi connectivity index (χ2n) is 4.93. The number of aliphatic hydroxyl groups is 1. The Hall–Kier alpha value is -1.26. The monoisotopic (exact) mass is 265 g/mol. The minimum atomic E-state index is 0.0165. The number of hydrogen-bond donors (Lipinski definition) is 2. The van der Waals surface area contributed by atoms with E-state index in [1.165, 1.54) is 19.3 Å². The van der Waals surface area contributed by atoms with Crippen LogP contribution in [0.15, 0.2) is 18.2 Å². The molecule has 1 unspecified atom stereocenters. The average Bonchev–Trinajstić information content (AvgIpc) is 2.48. The highest BCUT2D eigenvalue weighted by Crippen LogP contribution is 2.28. The molecule has 0 aromatic heterocycles. The van der Waals surface area contributed by atoms with Gasteiger partial charge in [0.15, 0.2) is 11.5 Å². The van der Waals surface area contributed by atoms with Crippen LogP contribution in [0.1, 0.15) is 31.2 Å². The van der Waals surface area contributed by atoms with E-state index in [-0.39, 0.29) is 6.61 Å². The molecular weight excluding hydrogens is 242 g/mol. The van der Waals surface area contributed by atoms with Gasteiger partial charge in [-0.05, 0) is 43.5 Å². The van der Waals surface area contributed by atoms with Gasteiger partial charge in [0.05, 0.1) is 20.3 Å². The Labute approximate surface area is 114 Å². The van der Waals surface area contributed by atoms with E-state index in [0.717, 1.165) is 24.3 Å². The summed E-state index contributed by atoms with van der Waals surface area (Å²) in [5.41, 5.74) is 0.832. The van der Waals surface area contributed by atoms with Gasteiger partial charge in [0.25, 0.3) is 0 Å². The molecule has 4 nitrogen and oxygen atoms in total. The second-order valence-corrected chi connectivity index (χ2v) is 4.93. The number of ether oxygens (including phenoxy) is 2. The number of piperidine rings is 1. The zero-order valence-corrected chi connectivity index (χ0v) is 11.5. The van der Waals surface area contributed by atoms with Crippen molar-refractivity contribution >= 4 is 0 Å². The zero-order chi connectivity index (χ0) is 13.5. The molecule has 2 N–H and O–H groups in total. The number of methoxy groups -OCH3 is 1. The summed E-state index contributed by atoms with van der Waals surface area (Å²) in [6, 6.07) is 6.11. The van der Waals surface area contributed by atoms with Crippen LogP contribution in [0.4, 0.5) is 0 Å². The smallest absolute Gasteiger partial charge is 0.161 e. The molecule has 106 valence electrons. The van der Waals surface area contributed by atoms with Gasteiger partial charge in [-0.15, -0.1) is 0 Å². The van der Waals surface area contributed by atoms with E-state index >= 15 is 0 Å². The molecule has 1 atom stereocenters. The lowest BCUT2D eigenvalue weighted by atomic mass is 10.0. The van der Waals surface area contributed by atoms with Crippen molar-refractivity contribution in [2.75, 3.05) is 20.3 Å². The van der Waals surface area contributed by atoms with Gasteiger partial charge in [-0.2, -0.15) is 0 Å². The zero-order valence-electron chi connectivity index (χ0n) is 11.5. The highest BCUT2D eigenvalue weighted by Gasteiger charge is 2.13. The van der Waals surface area contributed by atoms with Crippen molar-refractivity contribution < 1.29 is 14.6 Å². The van der Waals surface area contributed by atoms with Crippen LogP contribution >= 0.6 is 0 Å². The molecule has 1 aromatic carbocycles. The van der Waals surface area contributed by atoms with Crippen LogP contribution in [0, 0.1) is 0 Å². The molecule has 1 aromatic rings. The van der Waals surface area contributed by atoms with Gasteiger partial charge in [0.2, 0.25) is 0 Å². The van der Waals surface area contributed by atoms with Gasteiger partial charge in [0.1, 0.15) is 0 Å². The Balaban J connectivity index is 1.84. The van der Waals surface area contributed by atoms with E-state index in [1.807, 2.05) is 18.2 Å².